The molecule has 2 aromatic carbocycles. The van der Waals surface area contributed by atoms with Crippen LogP contribution in [0.1, 0.15) is 22.8 Å². The SMILES string of the molecule is CC(CN[C@@H](Cc1ccc(O)c(O)c1)C(=O)O)OC(=O)c1ccccc1. The number of phenols is 2. The second-order valence-corrected chi connectivity index (χ2v) is 5.91. The lowest BCUT2D eigenvalue weighted by Crippen LogP contribution is -2.42. The molecule has 7 nitrogen and oxygen atoms in total. The van der Waals surface area contributed by atoms with Gasteiger partial charge in [0.2, 0.25) is 0 Å². The molecule has 0 fully saturated rings. The average molecular weight is 359 g/mol. The van der Waals surface area contributed by atoms with Crippen molar-refractivity contribution < 1.29 is 29.6 Å². The van der Waals surface area contributed by atoms with E-state index in [0.717, 1.165) is 0 Å². The van der Waals surface area contributed by atoms with Crippen LogP contribution in [0.15, 0.2) is 48.5 Å². The number of aliphatic carboxylic acids is 1. The van der Waals surface area contributed by atoms with Crippen LogP contribution in [0.3, 0.4) is 0 Å². The van der Waals surface area contributed by atoms with Crippen LogP contribution in [-0.4, -0.2) is 45.9 Å². The summed E-state index contributed by atoms with van der Waals surface area (Å²) in [4.78, 5) is 23.4. The van der Waals surface area contributed by atoms with Gasteiger partial charge in [-0.1, -0.05) is 24.3 Å². The second-order valence-electron chi connectivity index (χ2n) is 5.91. The van der Waals surface area contributed by atoms with Crippen molar-refractivity contribution in [1.82, 2.24) is 5.32 Å². The van der Waals surface area contributed by atoms with Gasteiger partial charge in [-0.15, -0.1) is 0 Å². The van der Waals surface area contributed by atoms with Crippen LogP contribution in [0.4, 0.5) is 0 Å². The minimum absolute atomic E-state index is 0.0997. The summed E-state index contributed by atoms with van der Waals surface area (Å²) < 4.78 is 5.28. The number of benzene rings is 2. The molecule has 0 saturated heterocycles. The summed E-state index contributed by atoms with van der Waals surface area (Å²) in [5, 5.41) is 31.0. The Morgan fingerprint density at radius 3 is 2.38 bits per heavy atom. The van der Waals surface area contributed by atoms with Crippen LogP contribution in [0, 0.1) is 0 Å². The fraction of sp³-hybridized carbons (Fsp3) is 0.263. The Bertz CT molecular complexity index is 762. The second kappa shape index (κ2) is 8.87. The molecule has 0 aliphatic carbocycles. The van der Waals surface area contributed by atoms with E-state index in [2.05, 4.69) is 5.32 Å². The predicted molar refractivity (Wildman–Crippen MR) is 94.2 cm³/mol. The van der Waals surface area contributed by atoms with Crippen molar-refractivity contribution in [3.8, 4) is 11.5 Å². The summed E-state index contributed by atoms with van der Waals surface area (Å²) >= 11 is 0. The number of carboxylic acid groups (broad SMARTS) is 1. The van der Waals surface area contributed by atoms with E-state index in [1.54, 1.807) is 37.3 Å². The first-order valence-corrected chi connectivity index (χ1v) is 8.10. The molecular formula is C19H21NO6. The number of carboxylic acids is 1. The molecule has 0 radical (unpaired) electrons. The van der Waals surface area contributed by atoms with Crippen LogP contribution in [0.5, 0.6) is 11.5 Å². The third-order valence-corrected chi connectivity index (χ3v) is 3.75. The van der Waals surface area contributed by atoms with Crippen molar-refractivity contribution in [2.24, 2.45) is 0 Å². The van der Waals surface area contributed by atoms with Crippen molar-refractivity contribution >= 4 is 11.9 Å². The molecule has 138 valence electrons. The molecular weight excluding hydrogens is 338 g/mol. The largest absolute Gasteiger partial charge is 0.504 e. The number of esters is 1. The van der Waals surface area contributed by atoms with Gasteiger partial charge in [0, 0.05) is 6.54 Å². The Balaban J connectivity index is 1.90. The maximum absolute atomic E-state index is 12.0. The molecule has 0 aliphatic rings. The highest BCUT2D eigenvalue weighted by molar-refractivity contribution is 5.89. The van der Waals surface area contributed by atoms with Crippen LogP contribution in [-0.2, 0) is 16.0 Å². The first kappa shape index (κ1) is 19.3. The molecule has 0 bridgehead atoms. The van der Waals surface area contributed by atoms with Gasteiger partial charge in [0.05, 0.1) is 5.56 Å². The first-order valence-electron chi connectivity index (χ1n) is 8.10. The molecule has 2 atom stereocenters. The molecule has 1 unspecified atom stereocenters. The summed E-state index contributed by atoms with van der Waals surface area (Å²) in [6.45, 7) is 1.82. The zero-order chi connectivity index (χ0) is 19.1. The summed E-state index contributed by atoms with van der Waals surface area (Å²) in [6.07, 6.45) is -0.430. The number of carbonyl (C=O) groups is 2. The lowest BCUT2D eigenvalue weighted by molar-refractivity contribution is -0.139. The van der Waals surface area contributed by atoms with Gasteiger partial charge in [0.15, 0.2) is 11.5 Å². The zero-order valence-corrected chi connectivity index (χ0v) is 14.3. The van der Waals surface area contributed by atoms with Crippen molar-refractivity contribution in [3.63, 3.8) is 0 Å². The smallest absolute Gasteiger partial charge is 0.338 e. The minimum atomic E-state index is -1.07. The highest BCUT2D eigenvalue weighted by Crippen LogP contribution is 2.25. The number of nitrogens with one attached hydrogen (secondary N) is 1. The maximum atomic E-state index is 12.0. The number of rotatable bonds is 8. The van der Waals surface area contributed by atoms with Gasteiger partial charge >= 0.3 is 11.9 Å². The Morgan fingerprint density at radius 2 is 1.77 bits per heavy atom. The number of aromatic hydroxyl groups is 2. The van der Waals surface area contributed by atoms with Gasteiger partial charge in [-0.25, -0.2) is 4.79 Å². The van der Waals surface area contributed by atoms with E-state index in [9.17, 15) is 24.9 Å². The van der Waals surface area contributed by atoms with E-state index >= 15 is 0 Å². The van der Waals surface area contributed by atoms with Crippen molar-refractivity contribution in [2.75, 3.05) is 6.54 Å². The number of phenolic OH excluding ortho intramolecular Hbond substituents is 2. The molecule has 2 aromatic rings. The monoisotopic (exact) mass is 359 g/mol. The van der Waals surface area contributed by atoms with Crippen LogP contribution < -0.4 is 5.32 Å². The molecule has 4 N–H and O–H groups in total. The summed E-state index contributed by atoms with van der Waals surface area (Å²) in [6, 6.07) is 11.7. The molecule has 0 aromatic heterocycles. The lowest BCUT2D eigenvalue weighted by atomic mass is 10.1. The fourth-order valence-electron chi connectivity index (χ4n) is 2.35. The van der Waals surface area contributed by atoms with Crippen LogP contribution in [0.2, 0.25) is 0 Å². The van der Waals surface area contributed by atoms with E-state index < -0.39 is 24.1 Å². The Morgan fingerprint density at radius 1 is 1.08 bits per heavy atom. The quantitative estimate of drug-likeness (QED) is 0.420. The van der Waals surface area contributed by atoms with E-state index in [-0.39, 0.29) is 24.5 Å². The molecule has 0 saturated carbocycles. The molecule has 7 heteroatoms. The van der Waals surface area contributed by atoms with E-state index in [1.807, 2.05) is 0 Å². The van der Waals surface area contributed by atoms with Gasteiger partial charge in [0.25, 0.3) is 0 Å². The molecule has 2 rings (SSSR count). The Labute approximate surface area is 150 Å². The van der Waals surface area contributed by atoms with Gasteiger partial charge in [0.1, 0.15) is 12.1 Å². The van der Waals surface area contributed by atoms with Gasteiger partial charge in [-0.3, -0.25) is 4.79 Å². The maximum Gasteiger partial charge on any atom is 0.338 e. The lowest BCUT2D eigenvalue weighted by Gasteiger charge is -2.19. The summed E-state index contributed by atoms with van der Waals surface area (Å²) in [7, 11) is 0. The molecule has 0 amide bonds. The highest BCUT2D eigenvalue weighted by Gasteiger charge is 2.20. The van der Waals surface area contributed by atoms with Crippen molar-refractivity contribution in [3.05, 3.63) is 59.7 Å². The van der Waals surface area contributed by atoms with Gasteiger partial charge in [-0.05, 0) is 43.2 Å². The fourth-order valence-corrected chi connectivity index (χ4v) is 2.35. The topological polar surface area (TPSA) is 116 Å². The summed E-state index contributed by atoms with van der Waals surface area (Å²) in [5.41, 5.74) is 0.975. The molecule has 0 aliphatic heterocycles. The van der Waals surface area contributed by atoms with Crippen molar-refractivity contribution in [1.29, 1.82) is 0 Å². The van der Waals surface area contributed by atoms with Crippen LogP contribution >= 0.6 is 0 Å². The third kappa shape index (κ3) is 5.49. The predicted octanol–water partition coefficient (Wildman–Crippen LogP) is 1.93. The number of ether oxygens (including phenoxy) is 1. The first-order chi connectivity index (χ1) is 12.4. The normalized spacial score (nSPS) is 13.0. The van der Waals surface area contributed by atoms with E-state index in [1.165, 1.54) is 18.2 Å². The standard InChI is InChI=1S/C19H21NO6/c1-12(26-19(25)14-5-3-2-4-6-14)11-20-15(18(23)24)9-13-7-8-16(21)17(22)10-13/h2-8,10,12,15,20-22H,9,11H2,1H3,(H,23,24)/t12?,15-/m0/s1. The number of hydrogen-bond donors (Lipinski definition) is 4. The zero-order valence-electron chi connectivity index (χ0n) is 14.3. The van der Waals surface area contributed by atoms with Crippen molar-refractivity contribution in [2.45, 2.75) is 25.5 Å². The number of hydrogen-bond acceptors (Lipinski definition) is 6. The van der Waals surface area contributed by atoms with E-state index in [4.69, 9.17) is 4.74 Å². The molecule has 26 heavy (non-hydrogen) atoms. The minimum Gasteiger partial charge on any atom is -0.504 e. The number of carbonyl (C=O) groups excluding carboxylic acids is 1. The highest BCUT2D eigenvalue weighted by atomic mass is 16.5. The van der Waals surface area contributed by atoms with Crippen LogP contribution in [0.25, 0.3) is 0 Å². The van der Waals surface area contributed by atoms with E-state index in [0.29, 0.717) is 11.1 Å². The molecule has 0 spiro atoms. The Kier molecular flexibility index (Phi) is 6.57. The van der Waals surface area contributed by atoms with Gasteiger partial charge < -0.3 is 25.4 Å². The van der Waals surface area contributed by atoms with Gasteiger partial charge in [-0.2, -0.15) is 0 Å². The average Bonchev–Trinajstić information content (AvgIpc) is 2.62. The Hall–Kier alpha value is -3.06. The summed E-state index contributed by atoms with van der Waals surface area (Å²) in [5.74, 6) is -2.12. The molecule has 0 heterocycles. The third-order valence-electron chi connectivity index (χ3n) is 3.75.